The Morgan fingerprint density at radius 1 is 0.583 bits per heavy atom. The Hall–Kier alpha value is -2.60. The number of benzene rings is 3. The highest BCUT2D eigenvalue weighted by Crippen LogP contribution is 2.50. The van der Waals surface area contributed by atoms with Crippen molar-refractivity contribution in [2.45, 2.75) is 26.7 Å². The smallest absolute Gasteiger partial charge is 0.00605 e. The molecule has 0 radical (unpaired) electrons. The maximum absolute atomic E-state index is 2.37. The van der Waals surface area contributed by atoms with Crippen molar-refractivity contribution in [1.29, 1.82) is 0 Å². The summed E-state index contributed by atoms with van der Waals surface area (Å²) in [6.45, 7) is 4.39. The second kappa shape index (κ2) is 4.95. The van der Waals surface area contributed by atoms with Crippen LogP contribution in [0.5, 0.6) is 0 Å². The average molecular weight is 308 g/mol. The summed E-state index contributed by atoms with van der Waals surface area (Å²) in [5, 5.41) is 0. The van der Waals surface area contributed by atoms with Crippen LogP contribution in [-0.4, -0.2) is 0 Å². The second-order valence-corrected chi connectivity index (χ2v) is 7.11. The van der Waals surface area contributed by atoms with Crippen molar-refractivity contribution >= 4 is 11.1 Å². The maximum atomic E-state index is 2.37. The summed E-state index contributed by atoms with van der Waals surface area (Å²) in [6, 6.07) is 22.7. The van der Waals surface area contributed by atoms with Gasteiger partial charge in [0.15, 0.2) is 0 Å². The second-order valence-electron chi connectivity index (χ2n) is 7.11. The van der Waals surface area contributed by atoms with E-state index < -0.39 is 0 Å². The van der Waals surface area contributed by atoms with Crippen LogP contribution in [0.3, 0.4) is 0 Å². The van der Waals surface area contributed by atoms with Gasteiger partial charge < -0.3 is 0 Å². The molecule has 0 saturated carbocycles. The van der Waals surface area contributed by atoms with Gasteiger partial charge >= 0.3 is 0 Å². The molecule has 3 aromatic rings. The van der Waals surface area contributed by atoms with E-state index in [0.29, 0.717) is 0 Å². The lowest BCUT2D eigenvalue weighted by Gasteiger charge is -2.11. The maximum Gasteiger partial charge on any atom is -0.00605 e. The lowest BCUT2D eigenvalue weighted by molar-refractivity contribution is 1.08. The molecule has 0 aliphatic heterocycles. The first-order chi connectivity index (χ1) is 11.7. The molecule has 3 aromatic carbocycles. The first-order valence-corrected chi connectivity index (χ1v) is 8.76. The lowest BCUT2D eigenvalue weighted by atomic mass is 9.93. The molecule has 0 atom stereocenters. The Morgan fingerprint density at radius 3 is 1.88 bits per heavy atom. The summed E-state index contributed by atoms with van der Waals surface area (Å²) < 4.78 is 0. The van der Waals surface area contributed by atoms with Crippen LogP contribution in [0.15, 0.2) is 60.7 Å². The van der Waals surface area contributed by atoms with Gasteiger partial charge in [-0.1, -0.05) is 71.8 Å². The zero-order chi connectivity index (χ0) is 16.3. The predicted molar refractivity (Wildman–Crippen MR) is 102 cm³/mol. The molecule has 0 heteroatoms. The molecule has 2 aliphatic carbocycles. The number of rotatable bonds is 0. The van der Waals surface area contributed by atoms with Gasteiger partial charge in [-0.15, -0.1) is 0 Å². The van der Waals surface area contributed by atoms with E-state index in [1.165, 1.54) is 55.7 Å². The molecule has 0 nitrogen and oxygen atoms in total. The van der Waals surface area contributed by atoms with Crippen LogP contribution in [0.1, 0.15) is 39.8 Å². The summed E-state index contributed by atoms with van der Waals surface area (Å²) >= 11 is 0. The SMILES string of the molecule is Cc1ccc2c(c1)C(=C1CCc3ccccc31)c1cc(C)ccc1-2. The summed E-state index contributed by atoms with van der Waals surface area (Å²) in [5.41, 5.74) is 14.2. The fraction of sp³-hybridized carbons (Fsp3) is 0.167. The molecule has 0 fully saturated rings. The van der Waals surface area contributed by atoms with E-state index in [0.717, 1.165) is 12.8 Å². The van der Waals surface area contributed by atoms with Gasteiger partial charge in [0.05, 0.1) is 0 Å². The van der Waals surface area contributed by atoms with Crippen molar-refractivity contribution < 1.29 is 0 Å². The third-order valence-electron chi connectivity index (χ3n) is 5.47. The molecule has 0 spiro atoms. The Kier molecular flexibility index (Phi) is 2.84. The van der Waals surface area contributed by atoms with Crippen LogP contribution < -0.4 is 0 Å². The Labute approximate surface area is 143 Å². The molecule has 0 saturated heterocycles. The number of fused-ring (bicyclic) bond motifs is 4. The predicted octanol–water partition coefficient (Wildman–Crippen LogP) is 6.19. The first kappa shape index (κ1) is 13.8. The fourth-order valence-electron chi connectivity index (χ4n) is 4.36. The molecule has 0 aromatic heterocycles. The van der Waals surface area contributed by atoms with Crippen molar-refractivity contribution in [2.24, 2.45) is 0 Å². The zero-order valence-electron chi connectivity index (χ0n) is 14.2. The minimum Gasteiger partial charge on any atom is -0.0620 e. The number of hydrogen-bond acceptors (Lipinski definition) is 0. The first-order valence-electron chi connectivity index (χ1n) is 8.76. The van der Waals surface area contributed by atoms with E-state index >= 15 is 0 Å². The standard InChI is InChI=1S/C24H20/c1-15-7-10-19-20-11-8-16(2)14-23(20)24(22(19)13-15)21-12-9-17-5-3-4-6-18(17)21/h3-8,10-11,13-14H,9,12H2,1-2H3. The van der Waals surface area contributed by atoms with Gasteiger partial charge in [0.1, 0.15) is 0 Å². The minimum absolute atomic E-state index is 1.15. The van der Waals surface area contributed by atoms with E-state index in [4.69, 9.17) is 0 Å². The van der Waals surface area contributed by atoms with E-state index in [1.807, 2.05) is 0 Å². The highest BCUT2D eigenvalue weighted by Gasteiger charge is 2.29. The third-order valence-corrected chi connectivity index (χ3v) is 5.47. The molecule has 0 N–H and O–H groups in total. The lowest BCUT2D eigenvalue weighted by Crippen LogP contribution is -1.89. The average Bonchev–Trinajstić information content (AvgIpc) is 3.12. The van der Waals surface area contributed by atoms with Crippen molar-refractivity contribution in [3.8, 4) is 11.1 Å². The van der Waals surface area contributed by atoms with E-state index in [9.17, 15) is 0 Å². The van der Waals surface area contributed by atoms with Crippen LogP contribution >= 0.6 is 0 Å². The molecule has 2 aliphatic rings. The summed E-state index contributed by atoms with van der Waals surface area (Å²) in [6.07, 6.45) is 2.31. The molecule has 24 heavy (non-hydrogen) atoms. The quantitative estimate of drug-likeness (QED) is 0.363. The van der Waals surface area contributed by atoms with Gasteiger partial charge in [-0.2, -0.15) is 0 Å². The molecule has 0 heterocycles. The number of allylic oxidation sites excluding steroid dienone is 1. The molecular weight excluding hydrogens is 288 g/mol. The van der Waals surface area contributed by atoms with E-state index in [-0.39, 0.29) is 0 Å². The molecule has 0 unspecified atom stereocenters. The van der Waals surface area contributed by atoms with Crippen molar-refractivity contribution in [3.63, 3.8) is 0 Å². The monoisotopic (exact) mass is 308 g/mol. The number of aryl methyl sites for hydroxylation is 3. The van der Waals surface area contributed by atoms with Gasteiger partial charge in [-0.25, -0.2) is 0 Å². The van der Waals surface area contributed by atoms with Crippen LogP contribution in [0.2, 0.25) is 0 Å². The Balaban J connectivity index is 1.89. The minimum atomic E-state index is 1.15. The van der Waals surface area contributed by atoms with Gasteiger partial charge in [0, 0.05) is 0 Å². The Morgan fingerprint density at radius 2 is 1.21 bits per heavy atom. The van der Waals surface area contributed by atoms with Crippen LogP contribution in [-0.2, 0) is 6.42 Å². The highest BCUT2D eigenvalue weighted by atomic mass is 14.3. The van der Waals surface area contributed by atoms with Crippen LogP contribution in [0.25, 0.3) is 22.3 Å². The molecule has 0 amide bonds. The van der Waals surface area contributed by atoms with Crippen molar-refractivity contribution in [3.05, 3.63) is 94.0 Å². The van der Waals surface area contributed by atoms with Crippen molar-refractivity contribution in [2.75, 3.05) is 0 Å². The van der Waals surface area contributed by atoms with Crippen molar-refractivity contribution in [1.82, 2.24) is 0 Å². The van der Waals surface area contributed by atoms with Gasteiger partial charge in [0.25, 0.3) is 0 Å². The van der Waals surface area contributed by atoms with Gasteiger partial charge in [-0.3, -0.25) is 0 Å². The van der Waals surface area contributed by atoms with E-state index in [1.54, 1.807) is 0 Å². The van der Waals surface area contributed by atoms with Gasteiger partial charge in [-0.05, 0) is 71.2 Å². The topological polar surface area (TPSA) is 0 Å². The number of hydrogen-bond donors (Lipinski definition) is 0. The zero-order valence-corrected chi connectivity index (χ0v) is 14.2. The Bertz CT molecular complexity index is 964. The largest absolute Gasteiger partial charge is 0.0620 e. The normalized spacial score (nSPS) is 14.6. The van der Waals surface area contributed by atoms with Crippen LogP contribution in [0.4, 0.5) is 0 Å². The highest BCUT2D eigenvalue weighted by molar-refractivity contribution is 6.11. The van der Waals surface area contributed by atoms with Gasteiger partial charge in [0.2, 0.25) is 0 Å². The molecular formula is C24H20. The summed E-state index contributed by atoms with van der Waals surface area (Å²) in [4.78, 5) is 0. The summed E-state index contributed by atoms with van der Waals surface area (Å²) in [5.74, 6) is 0. The molecule has 116 valence electrons. The summed E-state index contributed by atoms with van der Waals surface area (Å²) in [7, 11) is 0. The molecule has 0 bridgehead atoms. The van der Waals surface area contributed by atoms with Crippen LogP contribution in [0, 0.1) is 13.8 Å². The molecule has 5 rings (SSSR count). The fourth-order valence-corrected chi connectivity index (χ4v) is 4.36. The third kappa shape index (κ3) is 1.86. The van der Waals surface area contributed by atoms with E-state index in [2.05, 4.69) is 74.5 Å².